The number of hydrogen-bond donors (Lipinski definition) is 1. The maximum Gasteiger partial charge on any atom is 0.272 e. The van der Waals surface area contributed by atoms with Crippen molar-refractivity contribution in [2.75, 3.05) is 5.32 Å². The first-order valence-electron chi connectivity index (χ1n) is 7.75. The van der Waals surface area contributed by atoms with Crippen LogP contribution < -0.4 is 5.32 Å². The van der Waals surface area contributed by atoms with E-state index in [4.69, 9.17) is 0 Å². The predicted molar refractivity (Wildman–Crippen MR) is 92.3 cm³/mol. The van der Waals surface area contributed by atoms with E-state index < -0.39 is 0 Å². The molecule has 2 heterocycles. The molecule has 1 amide bonds. The van der Waals surface area contributed by atoms with Crippen molar-refractivity contribution < 1.29 is 4.79 Å². The number of hydrogen-bond acceptors (Lipinski definition) is 2. The van der Waals surface area contributed by atoms with E-state index in [1.54, 1.807) is 12.4 Å². The summed E-state index contributed by atoms with van der Waals surface area (Å²) in [6.45, 7) is 2.91. The summed E-state index contributed by atoms with van der Waals surface area (Å²) in [5.74, 6) is -0.0926. The van der Waals surface area contributed by atoms with Gasteiger partial charge in [0.05, 0.1) is 0 Å². The fourth-order valence-electron chi connectivity index (χ4n) is 2.55. The van der Waals surface area contributed by atoms with E-state index in [0.717, 1.165) is 29.8 Å². The molecule has 3 aromatic rings. The van der Waals surface area contributed by atoms with Crippen molar-refractivity contribution in [2.24, 2.45) is 0 Å². The van der Waals surface area contributed by atoms with Crippen molar-refractivity contribution in [3.8, 4) is 11.1 Å². The number of carbonyl (C=O) groups is 1. The number of anilines is 1. The summed E-state index contributed by atoms with van der Waals surface area (Å²) in [6, 6.07) is 15.3. The zero-order valence-corrected chi connectivity index (χ0v) is 13.1. The minimum atomic E-state index is -0.0926. The number of amides is 1. The number of nitrogens with zero attached hydrogens (tertiary/aromatic N) is 2. The number of pyridine rings is 1. The Bertz CT molecular complexity index is 779. The summed E-state index contributed by atoms with van der Waals surface area (Å²) in [5.41, 5.74) is 3.55. The van der Waals surface area contributed by atoms with E-state index >= 15 is 0 Å². The molecule has 4 heteroatoms. The fourth-order valence-corrected chi connectivity index (χ4v) is 2.55. The first kappa shape index (κ1) is 15.0. The molecule has 2 aromatic heterocycles. The molecule has 116 valence electrons. The molecule has 3 rings (SSSR count). The van der Waals surface area contributed by atoms with Crippen LogP contribution in [0.2, 0.25) is 0 Å². The number of aromatic nitrogens is 2. The Morgan fingerprint density at radius 2 is 1.83 bits per heavy atom. The normalized spacial score (nSPS) is 10.5. The van der Waals surface area contributed by atoms with Gasteiger partial charge in [0.15, 0.2) is 0 Å². The van der Waals surface area contributed by atoms with Gasteiger partial charge in [0.25, 0.3) is 5.91 Å². The Labute approximate surface area is 135 Å². The predicted octanol–water partition coefficient (Wildman–Crippen LogP) is 4.21. The van der Waals surface area contributed by atoms with Crippen LogP contribution in [0.15, 0.2) is 67.1 Å². The number of carbonyl (C=O) groups excluding carboxylic acids is 1. The SMILES string of the molecule is CCCn1cc(-c2ccncc2)cc1C(=O)Nc1ccccc1. The summed E-state index contributed by atoms with van der Waals surface area (Å²) in [7, 11) is 0. The Morgan fingerprint density at radius 3 is 2.52 bits per heavy atom. The van der Waals surface area contributed by atoms with Gasteiger partial charge in [-0.15, -0.1) is 0 Å². The molecule has 23 heavy (non-hydrogen) atoms. The molecule has 4 nitrogen and oxygen atoms in total. The molecule has 0 aliphatic carbocycles. The van der Waals surface area contributed by atoms with E-state index in [-0.39, 0.29) is 5.91 Å². The molecule has 0 aliphatic heterocycles. The molecule has 0 bridgehead atoms. The van der Waals surface area contributed by atoms with Crippen LogP contribution in [-0.4, -0.2) is 15.5 Å². The highest BCUT2D eigenvalue weighted by Crippen LogP contribution is 2.22. The topological polar surface area (TPSA) is 46.9 Å². The fraction of sp³-hybridized carbons (Fsp3) is 0.158. The summed E-state index contributed by atoms with van der Waals surface area (Å²) < 4.78 is 2.01. The highest BCUT2D eigenvalue weighted by atomic mass is 16.1. The highest BCUT2D eigenvalue weighted by Gasteiger charge is 2.14. The number of rotatable bonds is 5. The largest absolute Gasteiger partial charge is 0.343 e. The lowest BCUT2D eigenvalue weighted by atomic mass is 10.1. The molecule has 0 aliphatic rings. The van der Waals surface area contributed by atoms with Crippen LogP contribution in [0.4, 0.5) is 5.69 Å². The molecule has 0 fully saturated rings. The second kappa shape index (κ2) is 6.92. The van der Waals surface area contributed by atoms with Crippen molar-refractivity contribution >= 4 is 11.6 Å². The molecular weight excluding hydrogens is 286 g/mol. The van der Waals surface area contributed by atoms with Crippen LogP contribution in [0.1, 0.15) is 23.8 Å². The van der Waals surface area contributed by atoms with Crippen molar-refractivity contribution in [3.63, 3.8) is 0 Å². The van der Waals surface area contributed by atoms with E-state index in [1.807, 2.05) is 59.3 Å². The van der Waals surface area contributed by atoms with E-state index in [0.29, 0.717) is 5.69 Å². The minimum absolute atomic E-state index is 0.0926. The molecule has 0 saturated carbocycles. The van der Waals surface area contributed by atoms with Crippen LogP contribution in [0.25, 0.3) is 11.1 Å². The number of aryl methyl sites for hydroxylation is 1. The van der Waals surface area contributed by atoms with E-state index in [9.17, 15) is 4.79 Å². The first-order chi connectivity index (χ1) is 11.3. The van der Waals surface area contributed by atoms with Crippen LogP contribution in [0, 0.1) is 0 Å². The molecule has 0 unspecified atom stereocenters. The monoisotopic (exact) mass is 305 g/mol. The van der Waals surface area contributed by atoms with Crippen LogP contribution >= 0.6 is 0 Å². The molecule has 1 aromatic carbocycles. The Morgan fingerprint density at radius 1 is 1.09 bits per heavy atom. The van der Waals surface area contributed by atoms with Gasteiger partial charge in [0.1, 0.15) is 5.69 Å². The van der Waals surface area contributed by atoms with Gasteiger partial charge in [-0.25, -0.2) is 0 Å². The van der Waals surface area contributed by atoms with Gasteiger partial charge >= 0.3 is 0 Å². The van der Waals surface area contributed by atoms with Gasteiger partial charge in [-0.2, -0.15) is 0 Å². The van der Waals surface area contributed by atoms with Crippen molar-refractivity contribution in [3.05, 3.63) is 72.8 Å². The summed E-state index contributed by atoms with van der Waals surface area (Å²) >= 11 is 0. The molecule has 0 atom stereocenters. The maximum atomic E-state index is 12.6. The quantitative estimate of drug-likeness (QED) is 0.767. The lowest BCUT2D eigenvalue weighted by molar-refractivity contribution is 0.101. The van der Waals surface area contributed by atoms with E-state index in [2.05, 4.69) is 17.2 Å². The third-order valence-electron chi connectivity index (χ3n) is 3.64. The number of benzene rings is 1. The third-order valence-corrected chi connectivity index (χ3v) is 3.64. The highest BCUT2D eigenvalue weighted by molar-refractivity contribution is 6.04. The van der Waals surface area contributed by atoms with E-state index in [1.165, 1.54) is 0 Å². The van der Waals surface area contributed by atoms with Crippen molar-refractivity contribution in [1.29, 1.82) is 0 Å². The molecule has 0 spiro atoms. The minimum Gasteiger partial charge on any atom is -0.343 e. The smallest absolute Gasteiger partial charge is 0.272 e. The summed E-state index contributed by atoms with van der Waals surface area (Å²) in [6.07, 6.45) is 6.52. The molecule has 0 radical (unpaired) electrons. The van der Waals surface area contributed by atoms with Gasteiger partial charge in [-0.05, 0) is 42.3 Å². The summed E-state index contributed by atoms with van der Waals surface area (Å²) in [5, 5.41) is 2.95. The standard InChI is InChI=1S/C19H19N3O/c1-2-12-22-14-16(15-8-10-20-11-9-15)13-18(22)19(23)21-17-6-4-3-5-7-17/h3-11,13-14H,2,12H2,1H3,(H,21,23). The Kier molecular flexibility index (Phi) is 4.52. The van der Waals surface area contributed by atoms with Gasteiger partial charge in [-0.1, -0.05) is 25.1 Å². The van der Waals surface area contributed by atoms with Crippen molar-refractivity contribution in [2.45, 2.75) is 19.9 Å². The second-order valence-electron chi connectivity index (χ2n) is 5.36. The van der Waals surface area contributed by atoms with Crippen LogP contribution in [0.5, 0.6) is 0 Å². The van der Waals surface area contributed by atoms with Gasteiger partial charge in [0, 0.05) is 36.4 Å². The lowest BCUT2D eigenvalue weighted by Crippen LogP contribution is -2.16. The van der Waals surface area contributed by atoms with Gasteiger partial charge < -0.3 is 9.88 Å². The van der Waals surface area contributed by atoms with Gasteiger partial charge in [0.2, 0.25) is 0 Å². The molecule has 0 saturated heterocycles. The van der Waals surface area contributed by atoms with Gasteiger partial charge in [-0.3, -0.25) is 9.78 Å². The average Bonchev–Trinajstić information content (AvgIpc) is 3.01. The summed E-state index contributed by atoms with van der Waals surface area (Å²) in [4.78, 5) is 16.7. The zero-order chi connectivity index (χ0) is 16.1. The second-order valence-corrected chi connectivity index (χ2v) is 5.36. The molecular formula is C19H19N3O. The zero-order valence-electron chi connectivity index (χ0n) is 13.1. The number of para-hydroxylation sites is 1. The average molecular weight is 305 g/mol. The van der Waals surface area contributed by atoms with Crippen LogP contribution in [0.3, 0.4) is 0 Å². The number of nitrogens with one attached hydrogen (secondary N) is 1. The molecule has 1 N–H and O–H groups in total. The lowest BCUT2D eigenvalue weighted by Gasteiger charge is -2.08. The first-order valence-corrected chi connectivity index (χ1v) is 7.75. The Balaban J connectivity index is 1.91. The third kappa shape index (κ3) is 3.48. The van der Waals surface area contributed by atoms with Crippen LogP contribution in [-0.2, 0) is 6.54 Å². The Hall–Kier alpha value is -2.88. The van der Waals surface area contributed by atoms with Crippen molar-refractivity contribution in [1.82, 2.24) is 9.55 Å². The maximum absolute atomic E-state index is 12.6.